The van der Waals surface area contributed by atoms with Gasteiger partial charge in [-0.2, -0.15) is 0 Å². The fourth-order valence-corrected chi connectivity index (χ4v) is 2.33. The molecule has 1 aliphatic rings. The predicted molar refractivity (Wildman–Crippen MR) is 76.0 cm³/mol. The highest BCUT2D eigenvalue weighted by Crippen LogP contribution is 2.25. The van der Waals surface area contributed by atoms with Crippen LogP contribution in [0.3, 0.4) is 0 Å². The van der Waals surface area contributed by atoms with E-state index in [9.17, 15) is 14.0 Å². The molecule has 0 atom stereocenters. The lowest BCUT2D eigenvalue weighted by atomic mass is 10.1. The van der Waals surface area contributed by atoms with Crippen LogP contribution in [0.5, 0.6) is 5.75 Å². The Morgan fingerprint density at radius 3 is 2.59 bits per heavy atom. The predicted octanol–water partition coefficient (Wildman–Crippen LogP) is 2.42. The average molecular weight is 300 g/mol. The number of benzene rings is 1. The van der Waals surface area contributed by atoms with Crippen molar-refractivity contribution in [2.24, 2.45) is 0 Å². The van der Waals surface area contributed by atoms with Gasteiger partial charge in [-0.25, -0.2) is 4.39 Å². The number of pyridine rings is 1. The molecule has 0 N–H and O–H groups in total. The zero-order chi connectivity index (χ0) is 15.7. The van der Waals surface area contributed by atoms with Gasteiger partial charge in [-0.1, -0.05) is 0 Å². The maximum absolute atomic E-state index is 13.2. The lowest BCUT2D eigenvalue weighted by Gasteiger charge is -2.13. The van der Waals surface area contributed by atoms with Crippen molar-refractivity contribution < 1.29 is 18.7 Å². The maximum atomic E-state index is 13.2. The number of fused-ring (bicyclic) bond motifs is 1. The molecule has 112 valence electrons. The van der Waals surface area contributed by atoms with E-state index in [0.29, 0.717) is 18.1 Å². The summed E-state index contributed by atoms with van der Waals surface area (Å²) in [6, 6.07) is 7.00. The number of imide groups is 1. The molecule has 0 saturated carbocycles. The summed E-state index contributed by atoms with van der Waals surface area (Å²) in [5.41, 5.74) is 0.867. The van der Waals surface area contributed by atoms with Crippen molar-refractivity contribution in [3.8, 4) is 5.75 Å². The first-order valence-corrected chi connectivity index (χ1v) is 6.83. The molecule has 0 aliphatic carbocycles. The van der Waals surface area contributed by atoms with Crippen molar-refractivity contribution in [3.05, 3.63) is 59.2 Å². The standard InChI is InChI=1S/C16H13FN2O3/c1-2-22-12-5-4-11(18-8-12)9-19-15(20)13-6-3-10(17)7-14(13)16(19)21/h3-8H,2,9H2,1H3. The van der Waals surface area contributed by atoms with E-state index in [4.69, 9.17) is 4.74 Å². The van der Waals surface area contributed by atoms with E-state index in [1.54, 1.807) is 12.1 Å². The third kappa shape index (κ3) is 2.43. The van der Waals surface area contributed by atoms with Crippen molar-refractivity contribution in [1.82, 2.24) is 9.88 Å². The second kappa shape index (κ2) is 5.55. The molecule has 0 radical (unpaired) electrons. The summed E-state index contributed by atoms with van der Waals surface area (Å²) in [6.45, 7) is 2.44. The number of nitrogens with zero attached hydrogens (tertiary/aromatic N) is 2. The number of halogens is 1. The summed E-state index contributed by atoms with van der Waals surface area (Å²) in [7, 11) is 0. The van der Waals surface area contributed by atoms with Crippen LogP contribution in [0.4, 0.5) is 4.39 Å². The third-order valence-electron chi connectivity index (χ3n) is 3.36. The molecule has 6 heteroatoms. The Kier molecular flexibility index (Phi) is 3.58. The highest BCUT2D eigenvalue weighted by Gasteiger charge is 2.35. The highest BCUT2D eigenvalue weighted by molar-refractivity contribution is 6.21. The molecule has 0 bridgehead atoms. The van der Waals surface area contributed by atoms with Crippen molar-refractivity contribution >= 4 is 11.8 Å². The molecular formula is C16H13FN2O3. The van der Waals surface area contributed by atoms with E-state index in [2.05, 4.69) is 4.98 Å². The van der Waals surface area contributed by atoms with Crippen LogP contribution in [0.2, 0.25) is 0 Å². The largest absolute Gasteiger partial charge is 0.492 e. The van der Waals surface area contributed by atoms with Gasteiger partial charge in [-0.15, -0.1) is 0 Å². The number of amides is 2. The Morgan fingerprint density at radius 2 is 1.91 bits per heavy atom. The van der Waals surface area contributed by atoms with Crippen LogP contribution in [-0.2, 0) is 6.54 Å². The molecule has 0 fully saturated rings. The Hall–Kier alpha value is -2.76. The fourth-order valence-electron chi connectivity index (χ4n) is 2.33. The Bertz CT molecular complexity index is 744. The Morgan fingerprint density at radius 1 is 1.14 bits per heavy atom. The van der Waals surface area contributed by atoms with Gasteiger partial charge in [-0.3, -0.25) is 19.5 Å². The smallest absolute Gasteiger partial charge is 0.262 e. The van der Waals surface area contributed by atoms with E-state index in [1.165, 1.54) is 18.3 Å². The average Bonchev–Trinajstić information content (AvgIpc) is 2.74. The van der Waals surface area contributed by atoms with Gasteiger partial charge in [0.05, 0.1) is 36.2 Å². The molecule has 0 saturated heterocycles. The SMILES string of the molecule is CCOc1ccc(CN2C(=O)c3ccc(F)cc3C2=O)nc1. The number of hydrogen-bond donors (Lipinski definition) is 0. The quantitative estimate of drug-likeness (QED) is 0.814. The van der Waals surface area contributed by atoms with Crippen LogP contribution in [0, 0.1) is 5.82 Å². The lowest BCUT2D eigenvalue weighted by Crippen LogP contribution is -2.29. The van der Waals surface area contributed by atoms with Crippen molar-refractivity contribution in [1.29, 1.82) is 0 Å². The minimum Gasteiger partial charge on any atom is -0.492 e. The van der Waals surface area contributed by atoms with Crippen molar-refractivity contribution in [2.45, 2.75) is 13.5 Å². The Balaban J connectivity index is 1.82. The molecule has 2 heterocycles. The molecule has 2 amide bonds. The molecular weight excluding hydrogens is 287 g/mol. The molecule has 0 unspecified atom stereocenters. The van der Waals surface area contributed by atoms with Gasteiger partial charge in [0.15, 0.2) is 0 Å². The molecule has 5 nitrogen and oxygen atoms in total. The summed E-state index contributed by atoms with van der Waals surface area (Å²) in [4.78, 5) is 29.7. The van der Waals surface area contributed by atoms with Crippen LogP contribution in [-0.4, -0.2) is 28.3 Å². The van der Waals surface area contributed by atoms with Crippen LogP contribution < -0.4 is 4.74 Å². The number of carbonyl (C=O) groups excluding carboxylic acids is 2. The van der Waals surface area contributed by atoms with E-state index in [1.807, 2.05) is 6.92 Å². The van der Waals surface area contributed by atoms with Gasteiger partial charge in [-0.05, 0) is 37.3 Å². The van der Waals surface area contributed by atoms with Gasteiger partial charge < -0.3 is 4.74 Å². The zero-order valence-corrected chi connectivity index (χ0v) is 11.9. The van der Waals surface area contributed by atoms with Crippen LogP contribution in [0.15, 0.2) is 36.5 Å². The Labute approximate surface area is 126 Å². The van der Waals surface area contributed by atoms with E-state index in [-0.39, 0.29) is 17.7 Å². The maximum Gasteiger partial charge on any atom is 0.262 e. The van der Waals surface area contributed by atoms with Crippen LogP contribution in [0.25, 0.3) is 0 Å². The number of aromatic nitrogens is 1. The van der Waals surface area contributed by atoms with Gasteiger partial charge in [0.25, 0.3) is 11.8 Å². The van der Waals surface area contributed by atoms with Crippen LogP contribution in [0.1, 0.15) is 33.3 Å². The number of carbonyl (C=O) groups is 2. The lowest BCUT2D eigenvalue weighted by molar-refractivity contribution is 0.0640. The first-order valence-electron chi connectivity index (χ1n) is 6.83. The molecule has 2 aromatic rings. The second-order valence-corrected chi connectivity index (χ2v) is 4.80. The molecule has 1 aliphatic heterocycles. The summed E-state index contributed by atoms with van der Waals surface area (Å²) >= 11 is 0. The summed E-state index contributed by atoms with van der Waals surface area (Å²) in [5.74, 6) is -0.859. The van der Waals surface area contributed by atoms with E-state index < -0.39 is 17.6 Å². The number of rotatable bonds is 4. The van der Waals surface area contributed by atoms with E-state index in [0.717, 1.165) is 11.0 Å². The molecule has 1 aromatic heterocycles. The first-order chi connectivity index (χ1) is 10.6. The minimum atomic E-state index is -0.541. The minimum absolute atomic E-state index is 0.0420. The van der Waals surface area contributed by atoms with Gasteiger partial charge in [0, 0.05) is 0 Å². The zero-order valence-electron chi connectivity index (χ0n) is 11.9. The molecule has 0 spiro atoms. The van der Waals surface area contributed by atoms with Gasteiger partial charge in [0.2, 0.25) is 0 Å². The fraction of sp³-hybridized carbons (Fsp3) is 0.188. The topological polar surface area (TPSA) is 59.5 Å². The summed E-state index contributed by atoms with van der Waals surface area (Å²) in [6.07, 6.45) is 1.54. The highest BCUT2D eigenvalue weighted by atomic mass is 19.1. The second-order valence-electron chi connectivity index (χ2n) is 4.80. The van der Waals surface area contributed by atoms with Gasteiger partial charge in [0.1, 0.15) is 11.6 Å². The third-order valence-corrected chi connectivity index (χ3v) is 3.36. The first kappa shape index (κ1) is 14.2. The normalized spacial score (nSPS) is 13.5. The molecule has 22 heavy (non-hydrogen) atoms. The monoisotopic (exact) mass is 300 g/mol. The van der Waals surface area contributed by atoms with Crippen molar-refractivity contribution in [2.75, 3.05) is 6.61 Å². The summed E-state index contributed by atoms with van der Waals surface area (Å²) in [5, 5.41) is 0. The van der Waals surface area contributed by atoms with Gasteiger partial charge >= 0.3 is 0 Å². The molecule has 1 aromatic carbocycles. The number of ether oxygens (including phenoxy) is 1. The molecule has 3 rings (SSSR count). The van der Waals surface area contributed by atoms with Crippen LogP contribution >= 0.6 is 0 Å². The number of hydrogen-bond acceptors (Lipinski definition) is 4. The summed E-state index contributed by atoms with van der Waals surface area (Å²) < 4.78 is 18.5. The van der Waals surface area contributed by atoms with Crippen molar-refractivity contribution in [3.63, 3.8) is 0 Å². The van der Waals surface area contributed by atoms with E-state index >= 15 is 0 Å².